The summed E-state index contributed by atoms with van der Waals surface area (Å²) in [5.41, 5.74) is -0.241. The lowest BCUT2D eigenvalue weighted by Crippen LogP contribution is -2.55. The van der Waals surface area contributed by atoms with Gasteiger partial charge in [0.05, 0.1) is 0 Å². The standard InChI is InChI=1S/C14H23N3O4S/c1-13(2,3)10-9-11(16-21-10)15-12(18)14(4,5)22(19,20)17-7-6-8-17/h9H,6-8H2,1-5H3,(H,15,16,18). The summed E-state index contributed by atoms with van der Waals surface area (Å²) in [6.07, 6.45) is 0.829. The minimum Gasteiger partial charge on any atom is -0.359 e. The van der Waals surface area contributed by atoms with Crippen LogP contribution in [0.3, 0.4) is 0 Å². The molecule has 124 valence electrons. The molecule has 1 aromatic rings. The predicted molar refractivity (Wildman–Crippen MR) is 83.0 cm³/mol. The lowest BCUT2D eigenvalue weighted by molar-refractivity contribution is -0.118. The maximum Gasteiger partial charge on any atom is 0.247 e. The number of nitrogens with one attached hydrogen (secondary N) is 1. The Morgan fingerprint density at radius 3 is 2.27 bits per heavy atom. The van der Waals surface area contributed by atoms with Gasteiger partial charge in [-0.1, -0.05) is 25.9 Å². The molecule has 2 heterocycles. The molecule has 8 heteroatoms. The fourth-order valence-electron chi connectivity index (χ4n) is 1.92. The van der Waals surface area contributed by atoms with Crippen molar-refractivity contribution in [2.45, 2.75) is 51.2 Å². The van der Waals surface area contributed by atoms with E-state index in [1.54, 1.807) is 6.07 Å². The van der Waals surface area contributed by atoms with Crippen LogP contribution < -0.4 is 5.32 Å². The molecule has 1 aliphatic rings. The molecule has 0 aliphatic carbocycles. The Balaban J connectivity index is 2.16. The second-order valence-electron chi connectivity index (χ2n) is 7.05. The molecule has 0 aromatic carbocycles. The second kappa shape index (κ2) is 5.34. The van der Waals surface area contributed by atoms with Crippen molar-refractivity contribution < 1.29 is 17.7 Å². The maximum atomic E-state index is 12.5. The molecule has 0 unspecified atom stereocenters. The smallest absolute Gasteiger partial charge is 0.247 e. The summed E-state index contributed by atoms with van der Waals surface area (Å²) in [5, 5.41) is 6.32. The van der Waals surface area contributed by atoms with Crippen molar-refractivity contribution in [2.75, 3.05) is 18.4 Å². The summed E-state index contributed by atoms with van der Waals surface area (Å²) in [7, 11) is -3.68. The highest BCUT2D eigenvalue weighted by Gasteiger charge is 2.47. The molecule has 1 saturated heterocycles. The molecule has 1 N–H and O–H groups in total. The van der Waals surface area contributed by atoms with Gasteiger partial charge in [0.25, 0.3) is 0 Å². The van der Waals surface area contributed by atoms with Gasteiger partial charge in [0.15, 0.2) is 10.6 Å². The number of aromatic nitrogens is 1. The van der Waals surface area contributed by atoms with Crippen LogP contribution in [0.15, 0.2) is 10.6 Å². The van der Waals surface area contributed by atoms with E-state index in [9.17, 15) is 13.2 Å². The van der Waals surface area contributed by atoms with Crippen LogP contribution >= 0.6 is 0 Å². The Bertz CT molecular complexity index is 667. The molecule has 0 bridgehead atoms. The zero-order chi connectivity index (χ0) is 16.8. The van der Waals surface area contributed by atoms with Crippen molar-refractivity contribution in [2.24, 2.45) is 0 Å². The molecular formula is C14H23N3O4S. The van der Waals surface area contributed by atoms with Gasteiger partial charge in [-0.25, -0.2) is 12.7 Å². The lowest BCUT2D eigenvalue weighted by Gasteiger charge is -2.36. The average Bonchev–Trinajstić information content (AvgIpc) is 2.73. The summed E-state index contributed by atoms with van der Waals surface area (Å²) in [4.78, 5) is 12.4. The van der Waals surface area contributed by atoms with E-state index in [-0.39, 0.29) is 11.2 Å². The molecule has 1 fully saturated rings. The summed E-state index contributed by atoms with van der Waals surface area (Å²) < 4.78 is 29.9. The Labute approximate surface area is 131 Å². The van der Waals surface area contributed by atoms with E-state index < -0.39 is 20.7 Å². The Hall–Kier alpha value is -1.41. The highest BCUT2D eigenvalue weighted by Crippen LogP contribution is 2.28. The number of hydrogen-bond donors (Lipinski definition) is 1. The molecule has 0 atom stereocenters. The SMILES string of the molecule is CC(C)(C)c1cc(NC(=O)C(C)(C)S(=O)(=O)N2CCC2)no1. The molecule has 0 saturated carbocycles. The first kappa shape index (κ1) is 17.0. The minimum atomic E-state index is -3.68. The van der Waals surface area contributed by atoms with E-state index >= 15 is 0 Å². The van der Waals surface area contributed by atoms with Crippen LogP contribution in [0.5, 0.6) is 0 Å². The quantitative estimate of drug-likeness (QED) is 0.908. The molecule has 1 amide bonds. The van der Waals surface area contributed by atoms with Gasteiger partial charge in [-0.15, -0.1) is 0 Å². The fraction of sp³-hybridized carbons (Fsp3) is 0.714. The van der Waals surface area contributed by atoms with Gasteiger partial charge in [-0.05, 0) is 20.3 Å². The highest BCUT2D eigenvalue weighted by atomic mass is 32.2. The van der Waals surface area contributed by atoms with Crippen LogP contribution in [0.1, 0.15) is 46.8 Å². The average molecular weight is 329 g/mol. The molecule has 1 aliphatic heterocycles. The summed E-state index contributed by atoms with van der Waals surface area (Å²) in [6, 6.07) is 1.62. The van der Waals surface area contributed by atoms with E-state index in [1.165, 1.54) is 18.2 Å². The zero-order valence-corrected chi connectivity index (χ0v) is 14.5. The van der Waals surface area contributed by atoms with Gasteiger partial charge in [0.2, 0.25) is 15.9 Å². The predicted octanol–water partition coefficient (Wildman–Crippen LogP) is 1.72. The van der Waals surface area contributed by atoms with Crippen LogP contribution in [0.25, 0.3) is 0 Å². The van der Waals surface area contributed by atoms with Crippen LogP contribution in [-0.2, 0) is 20.2 Å². The minimum absolute atomic E-state index is 0.224. The van der Waals surface area contributed by atoms with E-state index in [1.807, 2.05) is 20.8 Å². The number of hydrogen-bond acceptors (Lipinski definition) is 5. The fourth-order valence-corrected chi connectivity index (χ4v) is 3.59. The number of rotatable bonds is 4. The van der Waals surface area contributed by atoms with Crippen molar-refractivity contribution >= 4 is 21.7 Å². The van der Waals surface area contributed by atoms with Crippen LogP contribution in [0.2, 0.25) is 0 Å². The van der Waals surface area contributed by atoms with Crippen LogP contribution in [0, 0.1) is 0 Å². The first-order valence-corrected chi connectivity index (χ1v) is 8.68. The summed E-state index contributed by atoms with van der Waals surface area (Å²) in [6.45, 7) is 9.61. The van der Waals surface area contributed by atoms with E-state index in [0.717, 1.165) is 6.42 Å². The van der Waals surface area contributed by atoms with Gasteiger partial charge in [-0.3, -0.25) is 4.79 Å². The third-order valence-electron chi connectivity index (χ3n) is 3.84. The molecule has 0 spiro atoms. The van der Waals surface area contributed by atoms with E-state index in [2.05, 4.69) is 10.5 Å². The van der Waals surface area contributed by atoms with Crippen molar-refractivity contribution in [1.82, 2.24) is 9.46 Å². The Kier molecular flexibility index (Phi) is 4.12. The molecule has 7 nitrogen and oxygen atoms in total. The molecule has 22 heavy (non-hydrogen) atoms. The van der Waals surface area contributed by atoms with E-state index in [0.29, 0.717) is 18.8 Å². The molecule has 1 aromatic heterocycles. The Morgan fingerprint density at radius 1 is 1.27 bits per heavy atom. The molecule has 2 rings (SSSR count). The van der Waals surface area contributed by atoms with Crippen molar-refractivity contribution in [1.29, 1.82) is 0 Å². The number of nitrogens with zero attached hydrogens (tertiary/aromatic N) is 2. The van der Waals surface area contributed by atoms with Gasteiger partial charge >= 0.3 is 0 Å². The number of amides is 1. The molecular weight excluding hydrogens is 306 g/mol. The third kappa shape index (κ3) is 2.89. The van der Waals surface area contributed by atoms with Gasteiger partial charge in [-0.2, -0.15) is 0 Å². The monoisotopic (exact) mass is 329 g/mol. The number of carbonyl (C=O) groups excluding carboxylic acids is 1. The van der Waals surface area contributed by atoms with Crippen LogP contribution in [-0.4, -0.2) is 41.6 Å². The normalized spacial score (nSPS) is 17.1. The largest absolute Gasteiger partial charge is 0.359 e. The van der Waals surface area contributed by atoms with Gasteiger partial charge in [0.1, 0.15) is 5.76 Å². The third-order valence-corrected chi connectivity index (χ3v) is 6.36. The van der Waals surface area contributed by atoms with Gasteiger partial charge in [0, 0.05) is 24.6 Å². The van der Waals surface area contributed by atoms with Crippen molar-refractivity contribution in [3.05, 3.63) is 11.8 Å². The Morgan fingerprint density at radius 2 is 1.86 bits per heavy atom. The number of anilines is 1. The topological polar surface area (TPSA) is 92.5 Å². The maximum absolute atomic E-state index is 12.5. The zero-order valence-electron chi connectivity index (χ0n) is 13.6. The number of sulfonamides is 1. The highest BCUT2D eigenvalue weighted by molar-refractivity contribution is 7.91. The first-order valence-electron chi connectivity index (χ1n) is 7.24. The van der Waals surface area contributed by atoms with Crippen molar-refractivity contribution in [3.8, 4) is 0 Å². The summed E-state index contributed by atoms with van der Waals surface area (Å²) >= 11 is 0. The summed E-state index contributed by atoms with van der Waals surface area (Å²) in [5.74, 6) is 0.223. The second-order valence-corrected chi connectivity index (χ2v) is 9.54. The van der Waals surface area contributed by atoms with Gasteiger partial charge < -0.3 is 9.84 Å². The lowest BCUT2D eigenvalue weighted by atomic mass is 9.93. The number of carbonyl (C=O) groups is 1. The first-order chi connectivity index (χ1) is 9.96. The van der Waals surface area contributed by atoms with Crippen molar-refractivity contribution in [3.63, 3.8) is 0 Å². The van der Waals surface area contributed by atoms with E-state index in [4.69, 9.17) is 4.52 Å². The molecule has 0 radical (unpaired) electrons. The van der Waals surface area contributed by atoms with Crippen LogP contribution in [0.4, 0.5) is 5.82 Å².